The molecule has 13 nitrogen and oxygen atoms in total. The largest absolute Gasteiger partial charge is 0.358 e. The number of nitrogens with one attached hydrogen (secondary N) is 4. The van der Waals surface area contributed by atoms with E-state index in [2.05, 4.69) is 20.9 Å². The summed E-state index contributed by atoms with van der Waals surface area (Å²) in [6, 6.07) is 2.71. The Labute approximate surface area is 220 Å². The summed E-state index contributed by atoms with van der Waals surface area (Å²) in [5.74, 6) is -3.49. The molecule has 204 valence electrons. The van der Waals surface area contributed by atoms with E-state index < -0.39 is 35.5 Å². The van der Waals surface area contributed by atoms with Crippen molar-refractivity contribution in [3.8, 4) is 0 Å². The number of hydrogen-bond acceptors (Lipinski definition) is 9. The first-order valence-electron chi connectivity index (χ1n) is 12.7. The number of likely N-dealkylation sites (tertiary alicyclic amines) is 1. The summed E-state index contributed by atoms with van der Waals surface area (Å²) >= 11 is 0. The Morgan fingerprint density at radius 2 is 1.89 bits per heavy atom. The van der Waals surface area contributed by atoms with Crippen molar-refractivity contribution >= 4 is 29.6 Å². The third-order valence-electron chi connectivity index (χ3n) is 8.06. The highest BCUT2D eigenvalue weighted by molar-refractivity contribution is 6.02. The van der Waals surface area contributed by atoms with Gasteiger partial charge in [-0.15, -0.1) is 0 Å². The van der Waals surface area contributed by atoms with Gasteiger partial charge in [0.25, 0.3) is 17.4 Å². The Kier molecular flexibility index (Phi) is 5.73. The fourth-order valence-electron chi connectivity index (χ4n) is 6.51. The van der Waals surface area contributed by atoms with E-state index in [9.17, 15) is 24.6 Å². The van der Waals surface area contributed by atoms with E-state index in [0.717, 1.165) is 16.0 Å². The molecule has 10 N–H and O–H groups in total. The van der Waals surface area contributed by atoms with Crippen LogP contribution in [0.2, 0.25) is 0 Å². The maximum atomic E-state index is 13.6. The van der Waals surface area contributed by atoms with Crippen LogP contribution in [0.15, 0.2) is 18.2 Å². The van der Waals surface area contributed by atoms with Crippen LogP contribution < -0.4 is 32.4 Å². The number of benzene rings is 1. The molecule has 4 atom stereocenters. The topological polar surface area (TPSA) is 200 Å². The number of rotatable bonds is 4. The highest BCUT2D eigenvalue weighted by Crippen LogP contribution is 2.38. The molecule has 1 aromatic rings. The predicted molar refractivity (Wildman–Crippen MR) is 135 cm³/mol. The third kappa shape index (κ3) is 3.63. The van der Waals surface area contributed by atoms with Crippen molar-refractivity contribution in [2.45, 2.75) is 75.5 Å². The van der Waals surface area contributed by atoms with Crippen LogP contribution >= 0.6 is 0 Å². The Morgan fingerprint density at radius 1 is 1.24 bits per heavy atom. The first kappa shape index (κ1) is 25.9. The number of nitrogens with two attached hydrogens (primary N) is 2. The van der Waals surface area contributed by atoms with E-state index in [1.807, 2.05) is 33.8 Å². The molecule has 3 amide bonds. The van der Waals surface area contributed by atoms with E-state index in [4.69, 9.17) is 11.5 Å². The first-order valence-corrected chi connectivity index (χ1v) is 12.7. The van der Waals surface area contributed by atoms with E-state index in [-0.39, 0.29) is 55.1 Å². The summed E-state index contributed by atoms with van der Waals surface area (Å²) in [5, 5.41) is 32.2. The van der Waals surface area contributed by atoms with Gasteiger partial charge in [-0.3, -0.25) is 41.1 Å². The van der Waals surface area contributed by atoms with Gasteiger partial charge in [-0.1, -0.05) is 32.9 Å². The van der Waals surface area contributed by atoms with E-state index in [0.29, 0.717) is 5.56 Å². The van der Waals surface area contributed by atoms with Crippen molar-refractivity contribution < 1.29 is 34.2 Å². The van der Waals surface area contributed by atoms with Crippen LogP contribution in [-0.2, 0) is 15.0 Å². The predicted octanol–water partition coefficient (Wildman–Crippen LogP) is -4.40. The van der Waals surface area contributed by atoms with Gasteiger partial charge >= 0.3 is 11.9 Å². The Morgan fingerprint density at radius 3 is 2.53 bits per heavy atom. The van der Waals surface area contributed by atoms with E-state index >= 15 is 0 Å². The molecular formula is C25H36N8O5+2. The van der Waals surface area contributed by atoms with Crippen LogP contribution in [0.4, 0.5) is 0 Å². The maximum absolute atomic E-state index is 13.6. The number of amides is 3. The van der Waals surface area contributed by atoms with Crippen LogP contribution in [0.25, 0.3) is 0 Å². The van der Waals surface area contributed by atoms with Crippen LogP contribution in [0.3, 0.4) is 0 Å². The summed E-state index contributed by atoms with van der Waals surface area (Å²) in [4.78, 5) is 42.3. The molecule has 4 aliphatic rings. The number of aliphatic hydroxyl groups is 2. The summed E-state index contributed by atoms with van der Waals surface area (Å²) in [5.41, 5.74) is 12.7. The molecule has 2 saturated heterocycles. The molecule has 4 heterocycles. The number of imide groups is 1. The maximum Gasteiger partial charge on any atom is 0.347 e. The second kappa shape index (κ2) is 8.40. The average molecular weight is 529 g/mol. The molecule has 0 saturated carbocycles. The van der Waals surface area contributed by atoms with Crippen molar-refractivity contribution in [1.29, 1.82) is 0 Å². The minimum Gasteiger partial charge on any atom is -0.358 e. The SMILES string of the molecule is Cc1cccc(C(=O)NC2C[N+]3=C(N)N[C@@H](CN4C(=O)CCC4=O)[C@@H]4[NH+]=C(N)N[C@@]43C2(O)O)c1C(C)(C)C. The van der Waals surface area contributed by atoms with Crippen molar-refractivity contribution in [3.63, 3.8) is 0 Å². The monoisotopic (exact) mass is 528 g/mol. The smallest absolute Gasteiger partial charge is 0.347 e. The lowest BCUT2D eigenvalue weighted by atomic mass is 9.80. The van der Waals surface area contributed by atoms with Crippen molar-refractivity contribution in [2.75, 3.05) is 13.1 Å². The van der Waals surface area contributed by atoms with Crippen LogP contribution in [0.5, 0.6) is 0 Å². The second-order valence-corrected chi connectivity index (χ2v) is 11.6. The molecule has 5 rings (SSSR count). The molecule has 0 aliphatic carbocycles. The molecule has 1 unspecified atom stereocenters. The summed E-state index contributed by atoms with van der Waals surface area (Å²) in [6.07, 6.45) is 0.250. The van der Waals surface area contributed by atoms with Gasteiger partial charge in [0.05, 0.1) is 13.1 Å². The number of guanidine groups is 2. The molecule has 1 spiro atoms. The van der Waals surface area contributed by atoms with Gasteiger partial charge in [-0.2, -0.15) is 0 Å². The zero-order chi connectivity index (χ0) is 27.8. The minimum absolute atomic E-state index is 0.0497. The second-order valence-electron chi connectivity index (χ2n) is 11.6. The summed E-state index contributed by atoms with van der Waals surface area (Å²) in [7, 11) is 0. The standard InChI is InChI=1S/C25H34N8O5/c1-12-6-5-7-13(18(12)23(2,3)4)20(36)29-15-11-33-22(27)28-14(10-32-16(34)8-9-17(32)35)19-24(33,25(15,37)38)31-21(26)30-19/h5-7,14-15,19,37-38H,8-11H2,1-4H3,(H6,26,27,28,29,30,31,36)/p+2/t14-,15?,19-,24-/m0/s1. The molecule has 13 heteroatoms. The lowest BCUT2D eigenvalue weighted by Gasteiger charge is -2.41. The van der Waals surface area contributed by atoms with Gasteiger partial charge in [0.2, 0.25) is 11.8 Å². The fourth-order valence-corrected chi connectivity index (χ4v) is 6.51. The number of aryl methyl sites for hydroxylation is 1. The van der Waals surface area contributed by atoms with E-state index in [1.54, 1.807) is 12.1 Å². The number of hydrogen-bond donors (Lipinski definition) is 8. The molecule has 4 aliphatic heterocycles. The van der Waals surface area contributed by atoms with Gasteiger partial charge in [-0.25, -0.2) is 9.89 Å². The van der Waals surface area contributed by atoms with Gasteiger partial charge < -0.3 is 15.5 Å². The van der Waals surface area contributed by atoms with E-state index in [1.165, 1.54) is 4.58 Å². The van der Waals surface area contributed by atoms with Gasteiger partial charge in [0, 0.05) is 18.4 Å². The van der Waals surface area contributed by atoms with Crippen LogP contribution in [0.1, 0.15) is 55.1 Å². The molecule has 0 aromatic heterocycles. The highest BCUT2D eigenvalue weighted by atomic mass is 16.5. The Bertz CT molecular complexity index is 1280. The fraction of sp³-hybridized carbons (Fsp3) is 0.560. The summed E-state index contributed by atoms with van der Waals surface area (Å²) in [6.45, 7) is 7.87. The molecule has 2 fully saturated rings. The van der Waals surface area contributed by atoms with Crippen molar-refractivity contribution in [3.05, 3.63) is 34.9 Å². The average Bonchev–Trinajstić information content (AvgIpc) is 3.41. The van der Waals surface area contributed by atoms with Gasteiger partial charge in [-0.05, 0) is 29.5 Å². The minimum atomic E-state index is -2.57. The first-order chi connectivity index (χ1) is 17.7. The molecule has 0 radical (unpaired) electrons. The third-order valence-corrected chi connectivity index (χ3v) is 8.06. The normalized spacial score (nSPS) is 30.0. The molecule has 1 aromatic carbocycles. The lowest BCUT2D eigenvalue weighted by molar-refractivity contribution is -0.674. The lowest BCUT2D eigenvalue weighted by Crippen LogP contribution is -2.92. The zero-order valence-electron chi connectivity index (χ0n) is 22.0. The quantitative estimate of drug-likeness (QED) is 0.108. The highest BCUT2D eigenvalue weighted by Gasteiger charge is 2.78. The summed E-state index contributed by atoms with van der Waals surface area (Å²) < 4.78 is 1.51. The van der Waals surface area contributed by atoms with Gasteiger partial charge in [0.1, 0.15) is 12.1 Å². The molecular weight excluding hydrogens is 492 g/mol. The van der Waals surface area contributed by atoms with Crippen LogP contribution in [-0.4, -0.2) is 92.0 Å². The Hall–Kier alpha value is -3.71. The Balaban J connectivity index is 1.49. The number of carbonyl (C=O) groups excluding carboxylic acids is 3. The number of carbonyl (C=O) groups is 3. The van der Waals surface area contributed by atoms with Gasteiger partial charge in [0.15, 0.2) is 6.04 Å². The number of nitrogens with zero attached hydrogens (tertiary/aromatic N) is 2. The zero-order valence-corrected chi connectivity index (χ0v) is 22.0. The molecule has 38 heavy (non-hydrogen) atoms. The van der Waals surface area contributed by atoms with Crippen LogP contribution in [0, 0.1) is 6.92 Å². The molecule has 0 bridgehead atoms. The van der Waals surface area contributed by atoms with Crippen molar-refractivity contribution in [1.82, 2.24) is 20.9 Å². The van der Waals surface area contributed by atoms with Crippen molar-refractivity contribution in [2.24, 2.45) is 11.5 Å².